The number of hydrogen-bond acceptors (Lipinski definition) is 2. The van der Waals surface area contributed by atoms with Crippen LogP contribution in [0.4, 0.5) is 0 Å². The summed E-state index contributed by atoms with van der Waals surface area (Å²) in [5.74, 6) is 1.75. The number of fused-ring (bicyclic) bond motifs is 1. The molecule has 1 aromatic rings. The first-order chi connectivity index (χ1) is 7.13. The van der Waals surface area contributed by atoms with Gasteiger partial charge in [-0.25, -0.2) is 0 Å². The Balaban J connectivity index is 2.29. The zero-order chi connectivity index (χ0) is 10.9. The minimum atomic E-state index is 0.218. The van der Waals surface area contributed by atoms with Gasteiger partial charge in [0.2, 0.25) is 6.79 Å². The summed E-state index contributed by atoms with van der Waals surface area (Å²) in [6.45, 7) is 7.11. The van der Waals surface area contributed by atoms with E-state index in [1.165, 1.54) is 18.4 Å². The molecule has 0 N–H and O–H groups in total. The van der Waals surface area contributed by atoms with Crippen LogP contribution in [0.5, 0.6) is 11.5 Å². The van der Waals surface area contributed by atoms with Crippen LogP contribution in [0.1, 0.15) is 39.2 Å². The Morgan fingerprint density at radius 3 is 2.67 bits per heavy atom. The fourth-order valence-electron chi connectivity index (χ4n) is 2.09. The van der Waals surface area contributed by atoms with Crippen LogP contribution in [0.25, 0.3) is 0 Å². The van der Waals surface area contributed by atoms with E-state index in [9.17, 15) is 0 Å². The van der Waals surface area contributed by atoms with Gasteiger partial charge in [0, 0.05) is 0 Å². The quantitative estimate of drug-likeness (QED) is 0.753. The molecular formula is C13H18O2. The molecule has 0 amide bonds. The van der Waals surface area contributed by atoms with Crippen molar-refractivity contribution >= 4 is 0 Å². The van der Waals surface area contributed by atoms with Crippen molar-refractivity contribution in [2.45, 2.75) is 39.0 Å². The van der Waals surface area contributed by atoms with Crippen LogP contribution < -0.4 is 9.47 Å². The predicted molar refractivity (Wildman–Crippen MR) is 60.5 cm³/mol. The fraction of sp³-hybridized carbons (Fsp3) is 0.538. The summed E-state index contributed by atoms with van der Waals surface area (Å²) < 4.78 is 10.7. The molecule has 0 spiro atoms. The molecule has 1 heterocycles. The molecule has 0 saturated heterocycles. The molecule has 0 fully saturated rings. The summed E-state index contributed by atoms with van der Waals surface area (Å²) in [4.78, 5) is 0. The van der Waals surface area contributed by atoms with Crippen LogP contribution in [0.3, 0.4) is 0 Å². The second kappa shape index (κ2) is 3.76. The zero-order valence-electron chi connectivity index (χ0n) is 9.67. The van der Waals surface area contributed by atoms with E-state index in [1.807, 2.05) is 6.07 Å². The molecule has 0 aliphatic carbocycles. The van der Waals surface area contributed by atoms with Gasteiger partial charge in [-0.3, -0.25) is 0 Å². The second-order valence-corrected chi connectivity index (χ2v) is 4.70. The van der Waals surface area contributed by atoms with E-state index < -0.39 is 0 Å². The number of rotatable bonds is 3. The SMILES string of the molecule is CCCC(C)(C)c1ccc2c(c1)OCO2. The first-order valence-electron chi connectivity index (χ1n) is 5.53. The molecule has 82 valence electrons. The van der Waals surface area contributed by atoms with Gasteiger partial charge < -0.3 is 9.47 Å². The Morgan fingerprint density at radius 1 is 1.20 bits per heavy atom. The average Bonchev–Trinajstić information content (AvgIpc) is 2.63. The lowest BCUT2D eigenvalue weighted by Crippen LogP contribution is -2.16. The maximum atomic E-state index is 5.39. The molecule has 0 bridgehead atoms. The summed E-state index contributed by atoms with van der Waals surface area (Å²) >= 11 is 0. The van der Waals surface area contributed by atoms with E-state index in [1.54, 1.807) is 0 Å². The van der Waals surface area contributed by atoms with Crippen molar-refractivity contribution in [3.05, 3.63) is 23.8 Å². The molecule has 1 aliphatic rings. The van der Waals surface area contributed by atoms with Gasteiger partial charge in [0.15, 0.2) is 11.5 Å². The molecule has 0 radical (unpaired) electrons. The lowest BCUT2D eigenvalue weighted by molar-refractivity contribution is 0.174. The van der Waals surface area contributed by atoms with E-state index in [4.69, 9.17) is 9.47 Å². The van der Waals surface area contributed by atoms with Crippen LogP contribution >= 0.6 is 0 Å². The molecule has 2 rings (SSSR count). The molecule has 0 aromatic heterocycles. The second-order valence-electron chi connectivity index (χ2n) is 4.70. The minimum Gasteiger partial charge on any atom is -0.454 e. The number of hydrogen-bond donors (Lipinski definition) is 0. The van der Waals surface area contributed by atoms with Gasteiger partial charge >= 0.3 is 0 Å². The Kier molecular flexibility index (Phi) is 2.59. The van der Waals surface area contributed by atoms with Gasteiger partial charge in [0.05, 0.1) is 0 Å². The summed E-state index contributed by atoms with van der Waals surface area (Å²) in [6, 6.07) is 6.26. The topological polar surface area (TPSA) is 18.5 Å². The summed E-state index contributed by atoms with van der Waals surface area (Å²) in [7, 11) is 0. The largest absolute Gasteiger partial charge is 0.454 e. The van der Waals surface area contributed by atoms with E-state index in [2.05, 4.69) is 32.9 Å². The molecule has 2 heteroatoms. The normalized spacial score (nSPS) is 14.3. The molecule has 0 saturated carbocycles. The maximum Gasteiger partial charge on any atom is 0.231 e. The third-order valence-electron chi connectivity index (χ3n) is 3.03. The van der Waals surface area contributed by atoms with E-state index >= 15 is 0 Å². The third-order valence-corrected chi connectivity index (χ3v) is 3.03. The predicted octanol–water partition coefficient (Wildman–Crippen LogP) is 3.49. The van der Waals surface area contributed by atoms with Gasteiger partial charge in [-0.15, -0.1) is 0 Å². The third kappa shape index (κ3) is 1.94. The zero-order valence-corrected chi connectivity index (χ0v) is 9.67. The summed E-state index contributed by atoms with van der Waals surface area (Å²) in [5.41, 5.74) is 1.55. The lowest BCUT2D eigenvalue weighted by atomic mass is 9.80. The number of ether oxygens (including phenoxy) is 2. The van der Waals surface area contributed by atoms with Crippen molar-refractivity contribution in [2.24, 2.45) is 0 Å². The number of benzene rings is 1. The summed E-state index contributed by atoms with van der Waals surface area (Å²) in [5, 5.41) is 0. The van der Waals surface area contributed by atoms with Crippen LogP contribution in [0, 0.1) is 0 Å². The standard InChI is InChI=1S/C13H18O2/c1-4-7-13(2,3)10-5-6-11-12(8-10)15-9-14-11/h5-6,8H,4,7,9H2,1-3H3. The smallest absolute Gasteiger partial charge is 0.231 e. The van der Waals surface area contributed by atoms with Crippen LogP contribution in [0.15, 0.2) is 18.2 Å². The molecule has 1 aromatic carbocycles. The Hall–Kier alpha value is -1.18. The van der Waals surface area contributed by atoms with E-state index in [0.717, 1.165) is 11.5 Å². The summed E-state index contributed by atoms with van der Waals surface area (Å²) in [6.07, 6.45) is 2.38. The average molecular weight is 206 g/mol. The van der Waals surface area contributed by atoms with Crippen LogP contribution in [0.2, 0.25) is 0 Å². The van der Waals surface area contributed by atoms with E-state index in [0.29, 0.717) is 6.79 Å². The first kappa shape index (κ1) is 10.3. The fourth-order valence-corrected chi connectivity index (χ4v) is 2.09. The first-order valence-corrected chi connectivity index (χ1v) is 5.53. The van der Waals surface area contributed by atoms with Gasteiger partial charge in [0.25, 0.3) is 0 Å². The van der Waals surface area contributed by atoms with Crippen molar-refractivity contribution < 1.29 is 9.47 Å². The van der Waals surface area contributed by atoms with Crippen LogP contribution in [-0.2, 0) is 5.41 Å². The molecule has 0 unspecified atom stereocenters. The monoisotopic (exact) mass is 206 g/mol. The van der Waals surface area contributed by atoms with E-state index in [-0.39, 0.29) is 5.41 Å². The molecule has 2 nitrogen and oxygen atoms in total. The molecule has 0 atom stereocenters. The maximum absolute atomic E-state index is 5.39. The van der Waals surface area contributed by atoms with Crippen molar-refractivity contribution in [3.63, 3.8) is 0 Å². The minimum absolute atomic E-state index is 0.218. The van der Waals surface area contributed by atoms with Crippen molar-refractivity contribution in [2.75, 3.05) is 6.79 Å². The Bertz CT molecular complexity index is 356. The lowest BCUT2D eigenvalue weighted by Gasteiger charge is -2.24. The Labute approximate surface area is 91.2 Å². The Morgan fingerprint density at radius 2 is 1.93 bits per heavy atom. The molecule has 1 aliphatic heterocycles. The van der Waals surface area contributed by atoms with Crippen molar-refractivity contribution in [1.82, 2.24) is 0 Å². The molecular weight excluding hydrogens is 188 g/mol. The van der Waals surface area contributed by atoms with Gasteiger partial charge in [-0.05, 0) is 29.5 Å². The highest BCUT2D eigenvalue weighted by atomic mass is 16.7. The van der Waals surface area contributed by atoms with Crippen LogP contribution in [-0.4, -0.2) is 6.79 Å². The van der Waals surface area contributed by atoms with Crippen molar-refractivity contribution in [3.8, 4) is 11.5 Å². The highest BCUT2D eigenvalue weighted by molar-refractivity contribution is 5.46. The highest BCUT2D eigenvalue weighted by Crippen LogP contribution is 2.37. The van der Waals surface area contributed by atoms with Gasteiger partial charge in [-0.1, -0.05) is 33.3 Å². The highest BCUT2D eigenvalue weighted by Gasteiger charge is 2.22. The van der Waals surface area contributed by atoms with Gasteiger partial charge in [0.1, 0.15) is 0 Å². The van der Waals surface area contributed by atoms with Crippen molar-refractivity contribution in [1.29, 1.82) is 0 Å². The van der Waals surface area contributed by atoms with Gasteiger partial charge in [-0.2, -0.15) is 0 Å². The molecule has 15 heavy (non-hydrogen) atoms.